The van der Waals surface area contributed by atoms with E-state index >= 15 is 0 Å². The smallest absolute Gasteiger partial charge is 0.147 e. The Labute approximate surface area is 157 Å². The fourth-order valence-corrected chi connectivity index (χ4v) is 3.59. The molecule has 1 atom stereocenters. The molecule has 5 nitrogen and oxygen atoms in total. The van der Waals surface area contributed by atoms with Crippen LogP contribution in [0.2, 0.25) is 0 Å². The van der Waals surface area contributed by atoms with Gasteiger partial charge in [0.1, 0.15) is 27.6 Å². The molecule has 0 amide bonds. The molecule has 0 saturated heterocycles. The van der Waals surface area contributed by atoms with Crippen LogP contribution in [0.25, 0.3) is 16.6 Å². The van der Waals surface area contributed by atoms with Crippen LogP contribution < -0.4 is 0 Å². The highest BCUT2D eigenvalue weighted by atomic mass is 32.2. The summed E-state index contributed by atoms with van der Waals surface area (Å²) in [5, 5.41) is 1.00. The average Bonchev–Trinajstić information content (AvgIpc) is 2.94. The Morgan fingerprint density at radius 1 is 1.23 bits per heavy atom. The van der Waals surface area contributed by atoms with Crippen LogP contribution in [0, 0.1) is 13.8 Å². The molecule has 0 aliphatic heterocycles. The van der Waals surface area contributed by atoms with Crippen LogP contribution in [0.3, 0.4) is 0 Å². The van der Waals surface area contributed by atoms with Crippen molar-refractivity contribution in [2.75, 3.05) is 0 Å². The maximum atomic E-state index is 12.5. The van der Waals surface area contributed by atoms with Gasteiger partial charge in [-0.15, -0.1) is 0 Å². The largest absolute Gasteiger partial charge is 0.591 e. The Morgan fingerprint density at radius 2 is 1.92 bits per heavy atom. The highest BCUT2D eigenvalue weighted by molar-refractivity contribution is 7.91. The molecule has 138 valence electrons. The standard InChI is InChI=1S/C20H26N4OS/c1-8-17-22-18-15(14(4)23-26(25)20(5,6)7)9-12(2)10-16(18)19-21-13(3)11-24(17)19/h9-11H,8H2,1-7H3. The molecule has 0 fully saturated rings. The van der Waals surface area contributed by atoms with Crippen molar-refractivity contribution in [1.82, 2.24) is 14.4 Å². The first-order chi connectivity index (χ1) is 12.1. The normalized spacial score (nSPS) is 14.4. The van der Waals surface area contributed by atoms with E-state index in [4.69, 9.17) is 9.97 Å². The van der Waals surface area contributed by atoms with Crippen LogP contribution in [0.4, 0.5) is 0 Å². The van der Waals surface area contributed by atoms with Gasteiger partial charge in [-0.05, 0) is 59.2 Å². The number of nitrogens with zero attached hydrogens (tertiary/aromatic N) is 4. The van der Waals surface area contributed by atoms with Crippen molar-refractivity contribution < 1.29 is 4.55 Å². The summed E-state index contributed by atoms with van der Waals surface area (Å²) in [5.74, 6) is 0.961. The molecule has 6 heteroatoms. The number of imidazole rings is 1. The van der Waals surface area contributed by atoms with E-state index in [9.17, 15) is 4.55 Å². The predicted molar refractivity (Wildman–Crippen MR) is 109 cm³/mol. The van der Waals surface area contributed by atoms with Gasteiger partial charge in [0.2, 0.25) is 0 Å². The Morgan fingerprint density at radius 3 is 2.54 bits per heavy atom. The molecule has 3 aromatic rings. The summed E-state index contributed by atoms with van der Waals surface area (Å²) >= 11 is -1.31. The third-order valence-corrected chi connectivity index (χ3v) is 5.78. The Hall–Kier alpha value is -1.92. The number of rotatable bonds is 3. The van der Waals surface area contributed by atoms with Crippen molar-refractivity contribution in [2.24, 2.45) is 4.40 Å². The number of hydrogen-bond acceptors (Lipinski definition) is 4. The molecule has 0 saturated carbocycles. The van der Waals surface area contributed by atoms with Gasteiger partial charge in [-0.1, -0.05) is 11.3 Å². The molecule has 2 aromatic heterocycles. The van der Waals surface area contributed by atoms with Gasteiger partial charge >= 0.3 is 0 Å². The van der Waals surface area contributed by atoms with E-state index in [0.717, 1.165) is 51.3 Å². The van der Waals surface area contributed by atoms with E-state index in [2.05, 4.69) is 34.8 Å². The molecule has 1 unspecified atom stereocenters. The van der Waals surface area contributed by atoms with E-state index in [1.54, 1.807) is 0 Å². The van der Waals surface area contributed by atoms with Crippen LogP contribution >= 0.6 is 0 Å². The predicted octanol–water partition coefficient (Wildman–Crippen LogP) is 4.33. The quantitative estimate of drug-likeness (QED) is 0.509. The van der Waals surface area contributed by atoms with Crippen molar-refractivity contribution in [3.63, 3.8) is 0 Å². The van der Waals surface area contributed by atoms with E-state index in [-0.39, 0.29) is 0 Å². The van der Waals surface area contributed by atoms with Crippen LogP contribution in [-0.2, 0) is 17.8 Å². The number of benzene rings is 1. The summed E-state index contributed by atoms with van der Waals surface area (Å²) in [4.78, 5) is 9.62. The zero-order valence-corrected chi connectivity index (χ0v) is 17.4. The average molecular weight is 371 g/mol. The lowest BCUT2D eigenvalue weighted by molar-refractivity contribution is 0.561. The minimum Gasteiger partial charge on any atom is -0.591 e. The molecule has 0 bridgehead atoms. The fourth-order valence-electron chi connectivity index (χ4n) is 2.97. The molecule has 3 rings (SSSR count). The van der Waals surface area contributed by atoms with E-state index in [1.165, 1.54) is 0 Å². The van der Waals surface area contributed by atoms with Crippen LogP contribution in [0.15, 0.2) is 22.7 Å². The molecule has 0 radical (unpaired) electrons. The summed E-state index contributed by atoms with van der Waals surface area (Å²) in [6, 6.07) is 4.18. The molecule has 2 heterocycles. The number of fused-ring (bicyclic) bond motifs is 3. The summed E-state index contributed by atoms with van der Waals surface area (Å²) in [5.41, 5.74) is 5.54. The Kier molecular flexibility index (Phi) is 4.84. The fraction of sp³-hybridized carbons (Fsp3) is 0.450. The topological polar surface area (TPSA) is 65.6 Å². The van der Waals surface area contributed by atoms with Crippen LogP contribution in [0.1, 0.15) is 57.3 Å². The summed E-state index contributed by atoms with van der Waals surface area (Å²) < 4.78 is 18.6. The van der Waals surface area contributed by atoms with Gasteiger partial charge in [0, 0.05) is 23.6 Å². The maximum Gasteiger partial charge on any atom is 0.147 e. The molecular weight excluding hydrogens is 344 g/mol. The van der Waals surface area contributed by atoms with Crippen molar-refractivity contribution in [2.45, 2.75) is 59.6 Å². The van der Waals surface area contributed by atoms with E-state index in [1.807, 2.05) is 40.8 Å². The second kappa shape index (κ2) is 6.67. The molecule has 0 spiro atoms. The maximum absolute atomic E-state index is 12.5. The summed E-state index contributed by atoms with van der Waals surface area (Å²) in [6.45, 7) is 13.8. The highest BCUT2D eigenvalue weighted by Crippen LogP contribution is 2.27. The molecule has 0 aliphatic carbocycles. The second-order valence-corrected chi connectivity index (χ2v) is 9.61. The van der Waals surface area contributed by atoms with Gasteiger partial charge in [-0.25, -0.2) is 9.97 Å². The number of aryl methyl sites for hydroxylation is 3. The van der Waals surface area contributed by atoms with Gasteiger partial charge in [0.25, 0.3) is 0 Å². The van der Waals surface area contributed by atoms with Crippen LogP contribution in [0.5, 0.6) is 0 Å². The Balaban J connectivity index is 2.33. The van der Waals surface area contributed by atoms with Crippen molar-refractivity contribution >= 4 is 33.6 Å². The molecule has 26 heavy (non-hydrogen) atoms. The second-order valence-electron chi connectivity index (χ2n) is 7.70. The van der Waals surface area contributed by atoms with Crippen molar-refractivity contribution in [3.8, 4) is 0 Å². The first-order valence-electron chi connectivity index (χ1n) is 8.88. The van der Waals surface area contributed by atoms with Crippen LogP contribution in [-0.4, -0.2) is 29.4 Å². The number of aromatic nitrogens is 3. The molecule has 1 aromatic carbocycles. The van der Waals surface area contributed by atoms with Gasteiger partial charge in [0.15, 0.2) is 0 Å². The first kappa shape index (κ1) is 18.9. The monoisotopic (exact) mass is 370 g/mol. The lowest BCUT2D eigenvalue weighted by atomic mass is 10.0. The minimum atomic E-state index is -1.31. The third-order valence-electron chi connectivity index (χ3n) is 4.29. The lowest BCUT2D eigenvalue weighted by Gasteiger charge is -2.19. The molecule has 0 aliphatic rings. The lowest BCUT2D eigenvalue weighted by Crippen LogP contribution is -2.26. The van der Waals surface area contributed by atoms with E-state index in [0.29, 0.717) is 0 Å². The first-order valence-corrected chi connectivity index (χ1v) is 9.99. The minimum absolute atomic E-state index is 0.392. The Bertz CT molecular complexity index is 1010. The van der Waals surface area contributed by atoms with Crippen molar-refractivity contribution in [1.29, 1.82) is 0 Å². The highest BCUT2D eigenvalue weighted by Gasteiger charge is 2.27. The van der Waals surface area contributed by atoms with Gasteiger partial charge in [-0.2, -0.15) is 0 Å². The molecular formula is C20H26N4OS. The van der Waals surface area contributed by atoms with Gasteiger partial charge in [0.05, 0.1) is 16.9 Å². The van der Waals surface area contributed by atoms with Gasteiger partial charge < -0.3 is 4.55 Å². The zero-order chi connectivity index (χ0) is 19.2. The third kappa shape index (κ3) is 3.35. The summed E-state index contributed by atoms with van der Waals surface area (Å²) in [7, 11) is 0. The molecule has 0 N–H and O–H groups in total. The summed E-state index contributed by atoms with van der Waals surface area (Å²) in [6.07, 6.45) is 2.83. The SMILES string of the molecule is CCc1nc2c(C(C)=N[S+]([O-])C(C)(C)C)cc(C)cc2c2nc(C)cn12. The van der Waals surface area contributed by atoms with Gasteiger partial charge in [-0.3, -0.25) is 4.40 Å². The van der Waals surface area contributed by atoms with E-state index < -0.39 is 16.1 Å². The number of hydrogen-bond donors (Lipinski definition) is 0. The van der Waals surface area contributed by atoms with Crippen molar-refractivity contribution in [3.05, 3.63) is 41.0 Å². The zero-order valence-electron chi connectivity index (χ0n) is 16.5.